The first-order chi connectivity index (χ1) is 8.02. The molecule has 1 aromatic carbocycles. The molecule has 0 saturated heterocycles. The van der Waals surface area contributed by atoms with Crippen molar-refractivity contribution in [2.45, 2.75) is 11.3 Å². The van der Waals surface area contributed by atoms with Crippen molar-refractivity contribution in [2.75, 3.05) is 20.1 Å². The Bertz CT molecular complexity index is 503. The molecule has 0 amide bonds. The van der Waals surface area contributed by atoms with Gasteiger partial charge in [0.1, 0.15) is 0 Å². The predicted molar refractivity (Wildman–Crippen MR) is 64.6 cm³/mol. The number of rotatable bonds is 5. The molecule has 17 heavy (non-hydrogen) atoms. The summed E-state index contributed by atoms with van der Waals surface area (Å²) in [5.41, 5.74) is 5.78. The van der Waals surface area contributed by atoms with Gasteiger partial charge in [-0.2, -0.15) is 5.26 Å². The molecule has 6 heteroatoms. The quantitative estimate of drug-likeness (QED) is 0.829. The van der Waals surface area contributed by atoms with E-state index in [2.05, 4.69) is 0 Å². The summed E-state index contributed by atoms with van der Waals surface area (Å²) in [5, 5.41) is 8.63. The average Bonchev–Trinajstić information content (AvgIpc) is 2.35. The number of hydrogen-bond acceptors (Lipinski definition) is 4. The Kier molecular flexibility index (Phi) is 4.63. The normalized spacial score (nSPS) is 11.4. The molecule has 0 bridgehead atoms. The van der Waals surface area contributed by atoms with Gasteiger partial charge in [-0.15, -0.1) is 0 Å². The Labute approximate surface area is 102 Å². The van der Waals surface area contributed by atoms with Gasteiger partial charge in [-0.25, -0.2) is 12.7 Å². The van der Waals surface area contributed by atoms with Crippen LogP contribution in [0.2, 0.25) is 0 Å². The average molecular weight is 253 g/mol. The molecule has 1 rings (SSSR count). The number of hydrogen-bond donors (Lipinski definition) is 1. The maximum atomic E-state index is 12.0. The molecule has 5 nitrogen and oxygen atoms in total. The summed E-state index contributed by atoms with van der Waals surface area (Å²) >= 11 is 0. The molecule has 2 N–H and O–H groups in total. The maximum Gasteiger partial charge on any atom is 0.242 e. The second-order valence-electron chi connectivity index (χ2n) is 3.60. The summed E-state index contributed by atoms with van der Waals surface area (Å²) < 4.78 is 25.3. The van der Waals surface area contributed by atoms with Crippen molar-refractivity contribution in [2.24, 2.45) is 5.73 Å². The molecule has 0 aliphatic carbocycles. The van der Waals surface area contributed by atoms with E-state index >= 15 is 0 Å². The third-order valence-electron chi connectivity index (χ3n) is 2.37. The Morgan fingerprint density at radius 3 is 2.41 bits per heavy atom. The van der Waals surface area contributed by atoms with Gasteiger partial charge in [-0.1, -0.05) is 0 Å². The van der Waals surface area contributed by atoms with Gasteiger partial charge in [-0.05, 0) is 37.2 Å². The zero-order valence-electron chi connectivity index (χ0n) is 9.63. The fraction of sp³-hybridized carbons (Fsp3) is 0.364. The van der Waals surface area contributed by atoms with E-state index in [0.29, 0.717) is 25.1 Å². The number of benzene rings is 1. The van der Waals surface area contributed by atoms with Crippen LogP contribution in [0.5, 0.6) is 0 Å². The Hall–Kier alpha value is -1.42. The fourth-order valence-electron chi connectivity index (χ4n) is 1.32. The Morgan fingerprint density at radius 2 is 1.94 bits per heavy atom. The molecule has 92 valence electrons. The summed E-state index contributed by atoms with van der Waals surface area (Å²) in [5.74, 6) is 0. The van der Waals surface area contributed by atoms with E-state index in [0.717, 1.165) is 0 Å². The SMILES string of the molecule is CN(CCCN)S(=O)(=O)c1ccc(C#N)cc1. The van der Waals surface area contributed by atoms with Crippen LogP contribution in [0.1, 0.15) is 12.0 Å². The smallest absolute Gasteiger partial charge is 0.242 e. The van der Waals surface area contributed by atoms with Crippen molar-refractivity contribution in [1.82, 2.24) is 4.31 Å². The van der Waals surface area contributed by atoms with Crippen LogP contribution in [-0.4, -0.2) is 32.9 Å². The highest BCUT2D eigenvalue weighted by atomic mass is 32.2. The van der Waals surface area contributed by atoms with Crippen LogP contribution in [0.25, 0.3) is 0 Å². The largest absolute Gasteiger partial charge is 0.330 e. The van der Waals surface area contributed by atoms with Crippen molar-refractivity contribution in [3.8, 4) is 6.07 Å². The first-order valence-corrected chi connectivity index (χ1v) is 6.63. The first-order valence-electron chi connectivity index (χ1n) is 5.19. The van der Waals surface area contributed by atoms with E-state index in [1.165, 1.54) is 35.6 Å². The highest BCUT2D eigenvalue weighted by Gasteiger charge is 2.19. The maximum absolute atomic E-state index is 12.0. The molecule has 0 radical (unpaired) electrons. The summed E-state index contributed by atoms with van der Waals surface area (Å²) in [6.45, 7) is 0.839. The van der Waals surface area contributed by atoms with E-state index < -0.39 is 10.0 Å². The van der Waals surface area contributed by atoms with E-state index in [1.807, 2.05) is 6.07 Å². The molecule has 0 atom stereocenters. The molecule has 0 saturated carbocycles. The number of sulfonamides is 1. The highest BCUT2D eigenvalue weighted by Crippen LogP contribution is 2.14. The lowest BCUT2D eigenvalue weighted by atomic mass is 10.2. The Morgan fingerprint density at radius 1 is 1.35 bits per heavy atom. The lowest BCUT2D eigenvalue weighted by Crippen LogP contribution is -2.29. The minimum absolute atomic E-state index is 0.191. The second kappa shape index (κ2) is 5.77. The fourth-order valence-corrected chi connectivity index (χ4v) is 2.52. The van der Waals surface area contributed by atoms with Crippen molar-refractivity contribution in [3.05, 3.63) is 29.8 Å². The van der Waals surface area contributed by atoms with Crippen LogP contribution in [0, 0.1) is 11.3 Å². The van der Waals surface area contributed by atoms with Crippen molar-refractivity contribution in [3.63, 3.8) is 0 Å². The molecule has 0 spiro atoms. The van der Waals surface area contributed by atoms with Gasteiger partial charge in [0, 0.05) is 13.6 Å². The summed E-state index contributed by atoms with van der Waals surface area (Å²) in [6.07, 6.45) is 0.617. The van der Waals surface area contributed by atoms with E-state index in [9.17, 15) is 8.42 Å². The van der Waals surface area contributed by atoms with Gasteiger partial charge < -0.3 is 5.73 Å². The van der Waals surface area contributed by atoms with Crippen LogP contribution in [0.4, 0.5) is 0 Å². The molecular formula is C11H15N3O2S. The van der Waals surface area contributed by atoms with Crippen molar-refractivity contribution >= 4 is 10.0 Å². The van der Waals surface area contributed by atoms with Crippen LogP contribution in [-0.2, 0) is 10.0 Å². The number of nitriles is 1. The van der Waals surface area contributed by atoms with E-state index in [-0.39, 0.29) is 4.90 Å². The van der Waals surface area contributed by atoms with Gasteiger partial charge >= 0.3 is 0 Å². The lowest BCUT2D eigenvalue weighted by Gasteiger charge is -2.16. The monoisotopic (exact) mass is 253 g/mol. The van der Waals surface area contributed by atoms with Gasteiger partial charge in [0.2, 0.25) is 10.0 Å². The van der Waals surface area contributed by atoms with Crippen molar-refractivity contribution < 1.29 is 8.42 Å². The molecule has 1 aromatic rings. The number of nitrogens with two attached hydrogens (primary N) is 1. The van der Waals surface area contributed by atoms with Crippen LogP contribution < -0.4 is 5.73 Å². The Balaban J connectivity index is 2.93. The molecule has 0 aliphatic rings. The summed E-state index contributed by atoms with van der Waals surface area (Å²) in [4.78, 5) is 0.191. The molecule has 0 aliphatic heterocycles. The van der Waals surface area contributed by atoms with E-state index in [4.69, 9.17) is 11.0 Å². The molecular weight excluding hydrogens is 238 g/mol. The summed E-state index contributed by atoms with van der Waals surface area (Å²) in [6, 6.07) is 7.80. The van der Waals surface area contributed by atoms with Gasteiger partial charge in [-0.3, -0.25) is 0 Å². The minimum atomic E-state index is -3.47. The second-order valence-corrected chi connectivity index (χ2v) is 5.65. The standard InChI is InChI=1S/C11H15N3O2S/c1-14(8-2-7-12)17(15,16)11-5-3-10(9-13)4-6-11/h3-6H,2,7-8,12H2,1H3. The molecule has 0 fully saturated rings. The first kappa shape index (κ1) is 13.6. The van der Waals surface area contributed by atoms with E-state index in [1.54, 1.807) is 0 Å². The number of nitrogens with zero attached hydrogens (tertiary/aromatic N) is 2. The van der Waals surface area contributed by atoms with Crippen LogP contribution in [0.15, 0.2) is 29.2 Å². The van der Waals surface area contributed by atoms with Crippen LogP contribution >= 0.6 is 0 Å². The van der Waals surface area contributed by atoms with Crippen LogP contribution in [0.3, 0.4) is 0 Å². The third-order valence-corrected chi connectivity index (χ3v) is 4.24. The minimum Gasteiger partial charge on any atom is -0.330 e. The zero-order valence-corrected chi connectivity index (χ0v) is 10.4. The van der Waals surface area contributed by atoms with Gasteiger partial charge in [0.05, 0.1) is 16.5 Å². The third kappa shape index (κ3) is 3.27. The highest BCUT2D eigenvalue weighted by molar-refractivity contribution is 7.89. The zero-order chi connectivity index (χ0) is 12.9. The van der Waals surface area contributed by atoms with Crippen molar-refractivity contribution in [1.29, 1.82) is 5.26 Å². The molecule has 0 aromatic heterocycles. The van der Waals surface area contributed by atoms with Gasteiger partial charge in [0.25, 0.3) is 0 Å². The molecule has 0 unspecified atom stereocenters. The lowest BCUT2D eigenvalue weighted by molar-refractivity contribution is 0.463. The molecule has 0 heterocycles. The summed E-state index contributed by atoms with van der Waals surface area (Å²) in [7, 11) is -1.95. The predicted octanol–water partition coefficient (Wildman–Crippen LogP) is 0.528. The van der Waals surface area contributed by atoms with Gasteiger partial charge in [0.15, 0.2) is 0 Å². The topological polar surface area (TPSA) is 87.2 Å².